The zero-order valence-electron chi connectivity index (χ0n) is 13.1. The number of hydrogen-bond donors (Lipinski definition) is 2. The summed E-state index contributed by atoms with van der Waals surface area (Å²) in [6.45, 7) is 2.85. The van der Waals surface area contributed by atoms with Gasteiger partial charge in [0, 0.05) is 26.7 Å². The van der Waals surface area contributed by atoms with E-state index >= 15 is 0 Å². The molecule has 0 aliphatic carbocycles. The predicted molar refractivity (Wildman–Crippen MR) is 92.5 cm³/mol. The number of guanidine groups is 1. The summed E-state index contributed by atoms with van der Waals surface area (Å²) < 4.78 is 36.4. The van der Waals surface area contributed by atoms with Gasteiger partial charge in [0.25, 0.3) is 0 Å². The van der Waals surface area contributed by atoms with Gasteiger partial charge in [0.05, 0.1) is 6.54 Å². The van der Waals surface area contributed by atoms with E-state index in [0.717, 1.165) is 13.0 Å². The van der Waals surface area contributed by atoms with Crippen molar-refractivity contribution in [3.63, 3.8) is 0 Å². The van der Waals surface area contributed by atoms with Crippen LogP contribution in [0, 0.1) is 0 Å². The maximum Gasteiger partial charge on any atom is 0.401 e. The number of hydrogen-bond acceptors (Lipinski definition) is 2. The van der Waals surface area contributed by atoms with Crippen LogP contribution in [0.5, 0.6) is 0 Å². The van der Waals surface area contributed by atoms with Gasteiger partial charge >= 0.3 is 6.18 Å². The lowest BCUT2D eigenvalue weighted by Gasteiger charge is -2.19. The molecule has 0 heterocycles. The molecule has 0 aromatic carbocycles. The monoisotopic (exact) mass is 424 g/mol. The molecule has 0 saturated heterocycles. The summed E-state index contributed by atoms with van der Waals surface area (Å²) in [4.78, 5) is 5.27. The van der Waals surface area contributed by atoms with E-state index in [1.165, 1.54) is 31.2 Å². The Morgan fingerprint density at radius 3 is 2.24 bits per heavy atom. The Bertz CT molecular complexity index is 273. The molecular formula is C13H28F3IN4. The van der Waals surface area contributed by atoms with Crippen molar-refractivity contribution in [1.29, 1.82) is 0 Å². The highest BCUT2D eigenvalue weighted by Crippen LogP contribution is 2.14. The lowest BCUT2D eigenvalue weighted by Crippen LogP contribution is -2.42. The number of halogens is 4. The molecule has 0 aliphatic heterocycles. The molecular weight excluding hydrogens is 396 g/mol. The zero-order chi connectivity index (χ0) is 15.4. The minimum Gasteiger partial charge on any atom is -0.356 e. The Morgan fingerprint density at radius 1 is 1.10 bits per heavy atom. The highest BCUT2D eigenvalue weighted by atomic mass is 127. The molecule has 21 heavy (non-hydrogen) atoms. The fourth-order valence-corrected chi connectivity index (χ4v) is 1.73. The summed E-state index contributed by atoms with van der Waals surface area (Å²) in [7, 11) is 3.11. The van der Waals surface area contributed by atoms with Crippen LogP contribution in [-0.4, -0.2) is 57.3 Å². The Labute approximate surface area is 143 Å². The molecule has 8 heteroatoms. The lowest BCUT2D eigenvalue weighted by molar-refractivity contribution is -0.142. The number of nitrogens with zero attached hydrogens (tertiary/aromatic N) is 2. The Morgan fingerprint density at radius 2 is 1.71 bits per heavy atom. The third-order valence-corrected chi connectivity index (χ3v) is 2.78. The Hall–Kier alpha value is -0.250. The van der Waals surface area contributed by atoms with Gasteiger partial charge < -0.3 is 10.6 Å². The van der Waals surface area contributed by atoms with Crippen molar-refractivity contribution in [3.05, 3.63) is 0 Å². The number of unbranched alkanes of at least 4 members (excludes halogenated alkanes) is 3. The van der Waals surface area contributed by atoms with Gasteiger partial charge in [0.15, 0.2) is 5.96 Å². The molecule has 0 fully saturated rings. The number of nitrogens with one attached hydrogen (secondary N) is 2. The lowest BCUT2D eigenvalue weighted by atomic mass is 10.2. The summed E-state index contributed by atoms with van der Waals surface area (Å²) in [5.74, 6) is 0.641. The molecule has 0 amide bonds. The number of rotatable bonds is 9. The van der Waals surface area contributed by atoms with Crippen LogP contribution in [0.25, 0.3) is 0 Å². The minimum atomic E-state index is -4.14. The molecule has 0 rings (SSSR count). The summed E-state index contributed by atoms with van der Waals surface area (Å²) in [6, 6.07) is 0. The smallest absolute Gasteiger partial charge is 0.356 e. The van der Waals surface area contributed by atoms with E-state index in [2.05, 4.69) is 22.5 Å². The van der Waals surface area contributed by atoms with Gasteiger partial charge in [-0.15, -0.1) is 24.0 Å². The van der Waals surface area contributed by atoms with E-state index in [1.807, 2.05) is 0 Å². The fraction of sp³-hybridized carbons (Fsp3) is 0.923. The second-order valence-corrected chi connectivity index (χ2v) is 4.84. The van der Waals surface area contributed by atoms with Gasteiger partial charge in [0.1, 0.15) is 0 Å². The maximum atomic E-state index is 12.1. The summed E-state index contributed by atoms with van der Waals surface area (Å²) >= 11 is 0. The molecule has 0 spiro atoms. The first kappa shape index (κ1) is 23.0. The van der Waals surface area contributed by atoms with Crippen LogP contribution < -0.4 is 10.6 Å². The van der Waals surface area contributed by atoms with Crippen LogP contribution in [0.2, 0.25) is 0 Å². The molecule has 0 radical (unpaired) electrons. The van der Waals surface area contributed by atoms with E-state index < -0.39 is 12.7 Å². The van der Waals surface area contributed by atoms with Gasteiger partial charge in [-0.3, -0.25) is 9.89 Å². The van der Waals surface area contributed by atoms with E-state index in [9.17, 15) is 13.2 Å². The van der Waals surface area contributed by atoms with Crippen LogP contribution >= 0.6 is 24.0 Å². The number of likely N-dealkylation sites (N-methyl/N-ethyl adjacent to an activating group) is 1. The number of alkyl halides is 3. The highest BCUT2D eigenvalue weighted by molar-refractivity contribution is 14.0. The molecule has 0 saturated carbocycles. The number of aliphatic imine (C=N–C) groups is 1. The molecule has 4 nitrogen and oxygen atoms in total. The molecule has 2 N–H and O–H groups in total. The van der Waals surface area contributed by atoms with Gasteiger partial charge in [0.2, 0.25) is 0 Å². The predicted octanol–water partition coefficient (Wildman–Crippen LogP) is 2.84. The van der Waals surface area contributed by atoms with Crippen molar-refractivity contribution in [2.75, 3.05) is 40.3 Å². The standard InChI is InChI=1S/C13H27F3N4.HI/c1-4-5-6-7-8-18-12(17-2)19-9-10-20(3)11-13(14,15)16;/h4-11H2,1-3H3,(H2,17,18,19);1H. The van der Waals surface area contributed by atoms with E-state index in [0.29, 0.717) is 19.0 Å². The molecule has 0 aromatic rings. The average molecular weight is 424 g/mol. The Balaban J connectivity index is 0. The zero-order valence-corrected chi connectivity index (χ0v) is 15.4. The van der Waals surface area contributed by atoms with Gasteiger partial charge in [-0.1, -0.05) is 26.2 Å². The van der Waals surface area contributed by atoms with Crippen LogP contribution in [0.3, 0.4) is 0 Å². The first-order valence-electron chi connectivity index (χ1n) is 7.09. The van der Waals surface area contributed by atoms with Crippen LogP contribution in [0.15, 0.2) is 4.99 Å². The quantitative estimate of drug-likeness (QED) is 0.259. The van der Waals surface area contributed by atoms with E-state index in [-0.39, 0.29) is 24.0 Å². The molecule has 128 valence electrons. The minimum absolute atomic E-state index is 0. The second kappa shape index (κ2) is 13.4. The molecule has 0 unspecified atom stereocenters. The molecule has 0 atom stereocenters. The molecule has 0 aliphatic rings. The van der Waals surface area contributed by atoms with Crippen molar-refractivity contribution < 1.29 is 13.2 Å². The van der Waals surface area contributed by atoms with Crippen LogP contribution in [0.4, 0.5) is 13.2 Å². The fourth-order valence-electron chi connectivity index (χ4n) is 1.73. The molecule has 0 aromatic heterocycles. The van der Waals surface area contributed by atoms with Crippen molar-refractivity contribution >= 4 is 29.9 Å². The molecule has 0 bridgehead atoms. The topological polar surface area (TPSA) is 39.7 Å². The van der Waals surface area contributed by atoms with Crippen LogP contribution in [-0.2, 0) is 0 Å². The SMILES string of the molecule is CCCCCCNC(=NC)NCCN(C)CC(F)(F)F.I. The van der Waals surface area contributed by atoms with Crippen molar-refractivity contribution in [2.24, 2.45) is 4.99 Å². The van der Waals surface area contributed by atoms with E-state index in [1.54, 1.807) is 7.05 Å². The third kappa shape index (κ3) is 16.0. The largest absolute Gasteiger partial charge is 0.401 e. The van der Waals surface area contributed by atoms with Crippen molar-refractivity contribution in [3.8, 4) is 0 Å². The first-order chi connectivity index (χ1) is 9.39. The highest BCUT2D eigenvalue weighted by Gasteiger charge is 2.28. The van der Waals surface area contributed by atoms with Crippen LogP contribution in [0.1, 0.15) is 32.6 Å². The summed E-state index contributed by atoms with van der Waals surface area (Å²) in [5.41, 5.74) is 0. The van der Waals surface area contributed by atoms with Gasteiger partial charge in [-0.05, 0) is 13.5 Å². The average Bonchev–Trinajstić information content (AvgIpc) is 2.34. The normalized spacial score (nSPS) is 12.2. The van der Waals surface area contributed by atoms with Crippen molar-refractivity contribution in [2.45, 2.75) is 38.8 Å². The maximum absolute atomic E-state index is 12.1. The second-order valence-electron chi connectivity index (χ2n) is 4.84. The van der Waals surface area contributed by atoms with Gasteiger partial charge in [-0.2, -0.15) is 13.2 Å². The van der Waals surface area contributed by atoms with Crippen molar-refractivity contribution in [1.82, 2.24) is 15.5 Å². The van der Waals surface area contributed by atoms with Gasteiger partial charge in [-0.25, -0.2) is 0 Å². The summed E-state index contributed by atoms with van der Waals surface area (Å²) in [6.07, 6.45) is 0.514. The third-order valence-electron chi connectivity index (χ3n) is 2.78. The summed E-state index contributed by atoms with van der Waals surface area (Å²) in [5, 5.41) is 6.16. The first-order valence-corrected chi connectivity index (χ1v) is 7.09. The van der Waals surface area contributed by atoms with E-state index in [4.69, 9.17) is 0 Å². The Kier molecular flexibility index (Phi) is 14.7.